The van der Waals surface area contributed by atoms with E-state index in [1.54, 1.807) is 0 Å². The van der Waals surface area contributed by atoms with Crippen LogP contribution < -0.4 is 10.6 Å². The van der Waals surface area contributed by atoms with Crippen LogP contribution in [-0.2, 0) is 0 Å². The molecule has 0 atom stereocenters. The highest BCUT2D eigenvalue weighted by atomic mass is 35.5. The highest BCUT2D eigenvalue weighted by Gasteiger charge is 2.19. The molecule has 2 N–H and O–H groups in total. The first-order chi connectivity index (χ1) is 10.3. The van der Waals surface area contributed by atoms with Gasteiger partial charge in [-0.3, -0.25) is 4.90 Å². The average Bonchev–Trinajstić information content (AvgIpc) is 2.53. The van der Waals surface area contributed by atoms with Crippen LogP contribution in [0.15, 0.2) is 30.5 Å². The van der Waals surface area contributed by atoms with E-state index in [-0.39, 0.29) is 0 Å². The van der Waals surface area contributed by atoms with Crippen LogP contribution in [0.3, 0.4) is 0 Å². The summed E-state index contributed by atoms with van der Waals surface area (Å²) in [6.07, 6.45) is 2.95. The van der Waals surface area contributed by atoms with Crippen molar-refractivity contribution >= 4 is 28.2 Å². The fraction of sp³-hybridized carbons (Fsp3) is 0.438. The number of rotatable bonds is 4. The van der Waals surface area contributed by atoms with Gasteiger partial charge in [0.05, 0.1) is 0 Å². The summed E-state index contributed by atoms with van der Waals surface area (Å²) < 4.78 is 0. The fourth-order valence-electron chi connectivity index (χ4n) is 2.88. The Balaban J connectivity index is 1.78. The van der Waals surface area contributed by atoms with E-state index in [0.717, 1.165) is 61.9 Å². The van der Waals surface area contributed by atoms with Gasteiger partial charge in [0.2, 0.25) is 0 Å². The lowest BCUT2D eigenvalue weighted by Crippen LogP contribution is -2.47. The number of benzene rings is 1. The van der Waals surface area contributed by atoms with Gasteiger partial charge in [0, 0.05) is 42.8 Å². The first kappa shape index (κ1) is 14.6. The Morgan fingerprint density at radius 3 is 2.71 bits per heavy atom. The molecule has 0 bridgehead atoms. The standard InChI is InChI=1S/C16H21ClN4/c17-14-3-2-13-4-6-19-16(15(13)12-14)21-10-8-20(9-11-21)7-1-5-18/h2-4,6,12H,1,5,7-11,18H2. The summed E-state index contributed by atoms with van der Waals surface area (Å²) in [5.41, 5.74) is 5.58. The topological polar surface area (TPSA) is 45.4 Å². The van der Waals surface area contributed by atoms with Crippen LogP contribution in [0.4, 0.5) is 5.82 Å². The number of hydrogen-bond acceptors (Lipinski definition) is 4. The Morgan fingerprint density at radius 1 is 1.14 bits per heavy atom. The Morgan fingerprint density at radius 2 is 1.95 bits per heavy atom. The lowest BCUT2D eigenvalue weighted by molar-refractivity contribution is 0.256. The quantitative estimate of drug-likeness (QED) is 0.942. The molecule has 1 saturated heterocycles. The van der Waals surface area contributed by atoms with E-state index in [1.165, 1.54) is 5.39 Å². The number of pyridine rings is 1. The van der Waals surface area contributed by atoms with Gasteiger partial charge < -0.3 is 10.6 Å². The van der Waals surface area contributed by atoms with Gasteiger partial charge in [-0.05, 0) is 43.1 Å². The van der Waals surface area contributed by atoms with Crippen molar-refractivity contribution in [2.24, 2.45) is 5.73 Å². The molecule has 0 saturated carbocycles. The van der Waals surface area contributed by atoms with E-state index >= 15 is 0 Å². The second kappa shape index (κ2) is 6.60. The molecule has 21 heavy (non-hydrogen) atoms. The predicted molar refractivity (Wildman–Crippen MR) is 89.1 cm³/mol. The normalized spacial score (nSPS) is 16.6. The molecule has 0 radical (unpaired) electrons. The molecule has 0 spiro atoms. The summed E-state index contributed by atoms with van der Waals surface area (Å²) >= 11 is 6.14. The Hall–Kier alpha value is -1.36. The minimum atomic E-state index is 0.762. The number of nitrogens with two attached hydrogens (primary N) is 1. The van der Waals surface area contributed by atoms with E-state index in [9.17, 15) is 0 Å². The maximum absolute atomic E-state index is 6.14. The summed E-state index contributed by atoms with van der Waals surface area (Å²) in [6, 6.07) is 8.03. The highest BCUT2D eigenvalue weighted by Crippen LogP contribution is 2.27. The molecular weight excluding hydrogens is 284 g/mol. The van der Waals surface area contributed by atoms with Crippen LogP contribution in [0.1, 0.15) is 6.42 Å². The van der Waals surface area contributed by atoms with Crippen LogP contribution >= 0.6 is 11.6 Å². The molecule has 1 aliphatic rings. The van der Waals surface area contributed by atoms with Gasteiger partial charge >= 0.3 is 0 Å². The van der Waals surface area contributed by atoms with Gasteiger partial charge in [0.15, 0.2) is 0 Å². The second-order valence-corrected chi connectivity index (χ2v) is 5.91. The van der Waals surface area contributed by atoms with Gasteiger partial charge in [-0.2, -0.15) is 0 Å². The first-order valence-electron chi connectivity index (χ1n) is 7.49. The molecule has 5 heteroatoms. The average molecular weight is 305 g/mol. The SMILES string of the molecule is NCCCN1CCN(c2nccc3ccc(Cl)cc23)CC1. The third-order valence-corrected chi connectivity index (χ3v) is 4.29. The summed E-state index contributed by atoms with van der Waals surface area (Å²) in [5, 5.41) is 3.09. The zero-order chi connectivity index (χ0) is 14.7. The van der Waals surface area contributed by atoms with Crippen molar-refractivity contribution in [1.82, 2.24) is 9.88 Å². The van der Waals surface area contributed by atoms with Crippen molar-refractivity contribution in [2.45, 2.75) is 6.42 Å². The minimum absolute atomic E-state index is 0.762. The van der Waals surface area contributed by atoms with Crippen LogP contribution in [-0.4, -0.2) is 49.2 Å². The van der Waals surface area contributed by atoms with E-state index in [1.807, 2.05) is 24.4 Å². The Kier molecular flexibility index (Phi) is 4.58. The molecule has 1 fully saturated rings. The van der Waals surface area contributed by atoms with Crippen molar-refractivity contribution in [3.8, 4) is 0 Å². The lowest BCUT2D eigenvalue weighted by Gasteiger charge is -2.35. The minimum Gasteiger partial charge on any atom is -0.354 e. The van der Waals surface area contributed by atoms with Gasteiger partial charge in [-0.1, -0.05) is 17.7 Å². The zero-order valence-corrected chi connectivity index (χ0v) is 12.9. The summed E-state index contributed by atoms with van der Waals surface area (Å²) in [5.74, 6) is 1.05. The molecular formula is C16H21ClN4. The molecule has 1 aliphatic heterocycles. The van der Waals surface area contributed by atoms with Gasteiger partial charge in [-0.15, -0.1) is 0 Å². The molecule has 1 aromatic carbocycles. The highest BCUT2D eigenvalue weighted by molar-refractivity contribution is 6.31. The number of fused-ring (bicyclic) bond motifs is 1. The number of aromatic nitrogens is 1. The number of hydrogen-bond donors (Lipinski definition) is 1. The van der Waals surface area contributed by atoms with Crippen molar-refractivity contribution in [2.75, 3.05) is 44.2 Å². The van der Waals surface area contributed by atoms with Crippen LogP contribution in [0.25, 0.3) is 10.8 Å². The molecule has 1 aromatic heterocycles. The number of halogens is 1. The largest absolute Gasteiger partial charge is 0.354 e. The zero-order valence-electron chi connectivity index (χ0n) is 12.1. The Bertz CT molecular complexity index is 608. The molecule has 0 amide bonds. The molecule has 4 nitrogen and oxygen atoms in total. The maximum Gasteiger partial charge on any atom is 0.136 e. The fourth-order valence-corrected chi connectivity index (χ4v) is 3.05. The molecule has 0 unspecified atom stereocenters. The van der Waals surface area contributed by atoms with Gasteiger partial charge in [-0.25, -0.2) is 4.98 Å². The van der Waals surface area contributed by atoms with Crippen LogP contribution in [0, 0.1) is 0 Å². The third-order valence-electron chi connectivity index (χ3n) is 4.06. The van der Waals surface area contributed by atoms with E-state index in [4.69, 9.17) is 17.3 Å². The monoisotopic (exact) mass is 304 g/mol. The van der Waals surface area contributed by atoms with E-state index in [0.29, 0.717) is 0 Å². The van der Waals surface area contributed by atoms with Gasteiger partial charge in [0.1, 0.15) is 5.82 Å². The van der Waals surface area contributed by atoms with E-state index < -0.39 is 0 Å². The van der Waals surface area contributed by atoms with Crippen LogP contribution in [0.5, 0.6) is 0 Å². The summed E-state index contributed by atoms with van der Waals surface area (Å²) in [7, 11) is 0. The van der Waals surface area contributed by atoms with E-state index in [2.05, 4.69) is 20.9 Å². The lowest BCUT2D eigenvalue weighted by atomic mass is 10.1. The van der Waals surface area contributed by atoms with Gasteiger partial charge in [0.25, 0.3) is 0 Å². The number of nitrogens with zero attached hydrogens (tertiary/aromatic N) is 3. The molecule has 2 aromatic rings. The second-order valence-electron chi connectivity index (χ2n) is 5.47. The summed E-state index contributed by atoms with van der Waals surface area (Å²) in [6.45, 7) is 6.01. The Labute approximate surface area is 130 Å². The maximum atomic E-state index is 6.14. The van der Waals surface area contributed by atoms with Crippen molar-refractivity contribution in [1.29, 1.82) is 0 Å². The van der Waals surface area contributed by atoms with Crippen molar-refractivity contribution in [3.05, 3.63) is 35.5 Å². The first-order valence-corrected chi connectivity index (χ1v) is 7.87. The molecule has 2 heterocycles. The van der Waals surface area contributed by atoms with Crippen molar-refractivity contribution < 1.29 is 0 Å². The predicted octanol–water partition coefficient (Wildman–Crippen LogP) is 2.36. The van der Waals surface area contributed by atoms with Crippen LogP contribution in [0.2, 0.25) is 5.02 Å². The summed E-state index contributed by atoms with van der Waals surface area (Å²) in [4.78, 5) is 9.42. The molecule has 0 aliphatic carbocycles. The third kappa shape index (κ3) is 3.28. The number of anilines is 1. The molecule has 112 valence electrons. The van der Waals surface area contributed by atoms with Crippen molar-refractivity contribution in [3.63, 3.8) is 0 Å². The molecule has 3 rings (SSSR count). The number of piperazine rings is 1. The smallest absolute Gasteiger partial charge is 0.136 e.